The Balaban J connectivity index is 2.46. The van der Waals surface area contributed by atoms with Crippen LogP contribution in [0.5, 0.6) is 0 Å². The van der Waals surface area contributed by atoms with Crippen LogP contribution in [0.15, 0.2) is 28.9 Å². The summed E-state index contributed by atoms with van der Waals surface area (Å²) in [5.74, 6) is 0.498. The normalized spacial score (nSPS) is 11.1. The molecule has 0 bridgehead atoms. The zero-order valence-corrected chi connectivity index (χ0v) is 11.5. The van der Waals surface area contributed by atoms with Crippen LogP contribution in [-0.2, 0) is 0 Å². The largest absolute Gasteiger partial charge is 0.463 e. The van der Waals surface area contributed by atoms with E-state index in [-0.39, 0.29) is 0 Å². The molecule has 0 saturated carbocycles. The number of aromatic nitrogens is 2. The average Bonchev–Trinajstić information content (AvgIpc) is 2.98. The van der Waals surface area contributed by atoms with E-state index in [1.54, 1.807) is 18.2 Å². The number of hydrogen-bond donors (Lipinski definition) is 0. The fourth-order valence-electron chi connectivity index (χ4n) is 1.97. The molecule has 4 nitrogen and oxygen atoms in total. The van der Waals surface area contributed by atoms with E-state index in [4.69, 9.17) is 4.42 Å². The lowest BCUT2D eigenvalue weighted by molar-refractivity contribution is 0.140. The highest BCUT2D eigenvalue weighted by molar-refractivity contribution is 5.57. The molecule has 0 aliphatic carbocycles. The maximum Gasteiger partial charge on any atom is 0.297 e. The van der Waals surface area contributed by atoms with E-state index < -0.39 is 12.2 Å². The highest BCUT2D eigenvalue weighted by Gasteiger charge is 2.17. The SMILES string of the molecule is CCCN(CC)c1cc(-c2ccco2)nc(C(F)F)n1. The molecule has 6 heteroatoms. The van der Waals surface area contributed by atoms with Crippen molar-refractivity contribution in [3.05, 3.63) is 30.3 Å². The summed E-state index contributed by atoms with van der Waals surface area (Å²) in [6.45, 7) is 5.45. The summed E-state index contributed by atoms with van der Waals surface area (Å²) >= 11 is 0. The molecular formula is C14H17F2N3O. The predicted octanol–water partition coefficient (Wildman–Crippen LogP) is 3.91. The molecule has 0 spiro atoms. The average molecular weight is 281 g/mol. The Morgan fingerprint density at radius 2 is 2.10 bits per heavy atom. The van der Waals surface area contributed by atoms with Gasteiger partial charge in [-0.1, -0.05) is 6.92 Å². The first kappa shape index (κ1) is 14.4. The Labute approximate surface area is 116 Å². The van der Waals surface area contributed by atoms with Gasteiger partial charge in [-0.2, -0.15) is 0 Å². The van der Waals surface area contributed by atoms with Crippen LogP contribution in [0.4, 0.5) is 14.6 Å². The number of alkyl halides is 2. The van der Waals surface area contributed by atoms with Crippen LogP contribution in [0.3, 0.4) is 0 Å². The van der Waals surface area contributed by atoms with E-state index in [0.29, 0.717) is 23.8 Å². The van der Waals surface area contributed by atoms with E-state index in [0.717, 1.165) is 13.0 Å². The van der Waals surface area contributed by atoms with Crippen LogP contribution >= 0.6 is 0 Å². The Bertz CT molecular complexity index is 543. The first-order chi connectivity index (χ1) is 9.65. The Morgan fingerprint density at radius 3 is 2.65 bits per heavy atom. The third-order valence-electron chi connectivity index (χ3n) is 2.90. The van der Waals surface area contributed by atoms with Gasteiger partial charge in [0.15, 0.2) is 11.6 Å². The van der Waals surface area contributed by atoms with Gasteiger partial charge in [0.25, 0.3) is 6.43 Å². The molecule has 20 heavy (non-hydrogen) atoms. The van der Waals surface area contributed by atoms with Gasteiger partial charge in [-0.25, -0.2) is 18.7 Å². The molecule has 2 heterocycles. The molecular weight excluding hydrogens is 264 g/mol. The Morgan fingerprint density at radius 1 is 1.30 bits per heavy atom. The van der Waals surface area contributed by atoms with Crippen LogP contribution in [0.2, 0.25) is 0 Å². The van der Waals surface area contributed by atoms with Gasteiger partial charge in [0, 0.05) is 19.2 Å². The molecule has 0 saturated heterocycles. The van der Waals surface area contributed by atoms with Crippen LogP contribution in [-0.4, -0.2) is 23.1 Å². The van der Waals surface area contributed by atoms with Crippen molar-refractivity contribution in [2.75, 3.05) is 18.0 Å². The van der Waals surface area contributed by atoms with Crippen molar-refractivity contribution >= 4 is 5.82 Å². The third-order valence-corrected chi connectivity index (χ3v) is 2.90. The second-order valence-electron chi connectivity index (χ2n) is 4.33. The molecule has 0 unspecified atom stereocenters. The van der Waals surface area contributed by atoms with Crippen molar-refractivity contribution in [2.45, 2.75) is 26.7 Å². The first-order valence-electron chi connectivity index (χ1n) is 6.61. The van der Waals surface area contributed by atoms with Crippen LogP contribution < -0.4 is 4.90 Å². The number of nitrogens with zero attached hydrogens (tertiary/aromatic N) is 3. The molecule has 0 radical (unpaired) electrons. The molecule has 108 valence electrons. The van der Waals surface area contributed by atoms with E-state index in [1.165, 1.54) is 6.26 Å². The second-order valence-corrected chi connectivity index (χ2v) is 4.33. The monoisotopic (exact) mass is 281 g/mol. The predicted molar refractivity (Wildman–Crippen MR) is 72.9 cm³/mol. The van der Waals surface area contributed by atoms with Crippen molar-refractivity contribution < 1.29 is 13.2 Å². The van der Waals surface area contributed by atoms with E-state index >= 15 is 0 Å². The highest BCUT2D eigenvalue weighted by atomic mass is 19.3. The topological polar surface area (TPSA) is 42.2 Å². The van der Waals surface area contributed by atoms with Gasteiger partial charge in [0.2, 0.25) is 0 Å². The molecule has 0 fully saturated rings. The summed E-state index contributed by atoms with van der Waals surface area (Å²) in [7, 11) is 0. The molecule has 0 aliphatic heterocycles. The maximum absolute atomic E-state index is 12.9. The lowest BCUT2D eigenvalue weighted by Gasteiger charge is -2.22. The van der Waals surface area contributed by atoms with Gasteiger partial charge in [0.05, 0.1) is 6.26 Å². The van der Waals surface area contributed by atoms with Crippen molar-refractivity contribution in [3.8, 4) is 11.5 Å². The fourth-order valence-corrected chi connectivity index (χ4v) is 1.97. The standard InChI is InChI=1S/C14H17F2N3O/c1-3-7-19(4-2)12-9-10(11-6-5-8-20-11)17-14(18-12)13(15)16/h5-6,8-9,13H,3-4,7H2,1-2H3. The maximum atomic E-state index is 12.9. The van der Waals surface area contributed by atoms with Gasteiger partial charge >= 0.3 is 0 Å². The lowest BCUT2D eigenvalue weighted by atomic mass is 10.3. The van der Waals surface area contributed by atoms with Gasteiger partial charge < -0.3 is 9.32 Å². The van der Waals surface area contributed by atoms with Gasteiger partial charge in [-0.3, -0.25) is 0 Å². The van der Waals surface area contributed by atoms with Crippen LogP contribution in [0.25, 0.3) is 11.5 Å². The third kappa shape index (κ3) is 3.12. The molecule has 2 rings (SSSR count). The Hall–Kier alpha value is -1.98. The van der Waals surface area contributed by atoms with Crippen molar-refractivity contribution in [2.24, 2.45) is 0 Å². The molecule has 2 aromatic rings. The quantitative estimate of drug-likeness (QED) is 0.805. The number of rotatable bonds is 6. The minimum absolute atomic E-state index is 0.379. The lowest BCUT2D eigenvalue weighted by Crippen LogP contribution is -2.25. The minimum atomic E-state index is -2.70. The molecule has 0 aromatic carbocycles. The van der Waals surface area contributed by atoms with E-state index in [9.17, 15) is 8.78 Å². The molecule has 2 aromatic heterocycles. The summed E-state index contributed by atoms with van der Waals surface area (Å²) < 4.78 is 31.1. The molecule has 0 amide bonds. The smallest absolute Gasteiger partial charge is 0.297 e. The minimum Gasteiger partial charge on any atom is -0.463 e. The zero-order chi connectivity index (χ0) is 14.5. The van der Waals surface area contributed by atoms with Gasteiger partial charge in [-0.15, -0.1) is 0 Å². The van der Waals surface area contributed by atoms with Crippen molar-refractivity contribution in [1.82, 2.24) is 9.97 Å². The molecule has 0 aliphatic rings. The molecule has 0 N–H and O–H groups in total. The Kier molecular flexibility index (Phi) is 4.65. The number of hydrogen-bond acceptors (Lipinski definition) is 4. The zero-order valence-electron chi connectivity index (χ0n) is 11.5. The van der Waals surface area contributed by atoms with Crippen LogP contribution in [0.1, 0.15) is 32.5 Å². The molecule has 0 atom stereocenters. The van der Waals surface area contributed by atoms with Crippen molar-refractivity contribution in [3.63, 3.8) is 0 Å². The number of halogens is 2. The summed E-state index contributed by atoms with van der Waals surface area (Å²) in [6.07, 6.45) is -0.301. The second kappa shape index (κ2) is 6.45. The number of anilines is 1. The summed E-state index contributed by atoms with van der Waals surface area (Å²) in [6, 6.07) is 5.07. The summed E-state index contributed by atoms with van der Waals surface area (Å²) in [4.78, 5) is 9.77. The fraction of sp³-hybridized carbons (Fsp3) is 0.429. The highest BCUT2D eigenvalue weighted by Crippen LogP contribution is 2.26. The summed E-state index contributed by atoms with van der Waals surface area (Å²) in [5.41, 5.74) is 0.379. The van der Waals surface area contributed by atoms with E-state index in [1.807, 2.05) is 18.7 Å². The number of furan rings is 1. The van der Waals surface area contributed by atoms with E-state index in [2.05, 4.69) is 9.97 Å². The van der Waals surface area contributed by atoms with Gasteiger partial charge in [-0.05, 0) is 25.5 Å². The first-order valence-corrected chi connectivity index (χ1v) is 6.61. The van der Waals surface area contributed by atoms with Gasteiger partial charge in [0.1, 0.15) is 11.5 Å². The summed E-state index contributed by atoms with van der Waals surface area (Å²) in [5, 5.41) is 0. The van der Waals surface area contributed by atoms with Crippen LogP contribution in [0, 0.1) is 0 Å². The van der Waals surface area contributed by atoms with Crippen molar-refractivity contribution in [1.29, 1.82) is 0 Å².